The Kier molecular flexibility index (Phi) is 5.31. The molecule has 1 saturated heterocycles. The molecule has 4 heteroatoms. The molecule has 2 aliphatic rings. The quantitative estimate of drug-likeness (QED) is 0.785. The second kappa shape index (κ2) is 6.66. The summed E-state index contributed by atoms with van der Waals surface area (Å²) in [5.74, 6) is 0.309. The molecular formula is C17H32N2O2. The first-order valence-electron chi connectivity index (χ1n) is 8.67. The summed E-state index contributed by atoms with van der Waals surface area (Å²) in [7, 11) is 0. The fraction of sp³-hybridized carbons (Fsp3) is 0.941. The number of rotatable bonds is 7. The van der Waals surface area contributed by atoms with Gasteiger partial charge in [-0.2, -0.15) is 0 Å². The van der Waals surface area contributed by atoms with E-state index in [0.717, 1.165) is 38.7 Å². The molecule has 4 atom stereocenters. The lowest BCUT2D eigenvalue weighted by atomic mass is 9.63. The zero-order valence-corrected chi connectivity index (χ0v) is 14.3. The number of unbranched alkanes of at least 4 members (excludes halogenated alkanes) is 1. The first-order valence-corrected chi connectivity index (χ1v) is 8.67. The van der Waals surface area contributed by atoms with Crippen molar-refractivity contribution in [3.8, 4) is 0 Å². The fourth-order valence-corrected chi connectivity index (χ4v) is 3.84. The number of nitrogens with zero attached hydrogens (tertiary/aromatic N) is 1. The highest BCUT2D eigenvalue weighted by molar-refractivity contribution is 5.84. The molecule has 2 fully saturated rings. The van der Waals surface area contributed by atoms with Crippen LogP contribution in [-0.2, 0) is 9.53 Å². The van der Waals surface area contributed by atoms with Gasteiger partial charge in [0.2, 0.25) is 5.91 Å². The van der Waals surface area contributed by atoms with Gasteiger partial charge < -0.3 is 9.64 Å². The monoisotopic (exact) mass is 296 g/mol. The summed E-state index contributed by atoms with van der Waals surface area (Å²) in [5, 5.41) is 3.54. The molecule has 0 radical (unpaired) electrons. The summed E-state index contributed by atoms with van der Waals surface area (Å²) in [5.41, 5.74) is 0.0560. The number of hydrogen-bond donors (Lipinski definition) is 1. The average Bonchev–Trinajstić information content (AvgIpc) is 2.77. The molecule has 0 spiro atoms. The second-order valence-electron chi connectivity index (χ2n) is 7.05. The molecule has 1 N–H and O–H groups in total. The van der Waals surface area contributed by atoms with Crippen molar-refractivity contribution in [1.29, 1.82) is 0 Å². The van der Waals surface area contributed by atoms with E-state index in [1.165, 1.54) is 0 Å². The van der Waals surface area contributed by atoms with Gasteiger partial charge >= 0.3 is 0 Å². The predicted octanol–water partition coefficient (Wildman–Crippen LogP) is 2.92. The van der Waals surface area contributed by atoms with Crippen LogP contribution in [0.25, 0.3) is 0 Å². The minimum absolute atomic E-state index is 0.0249. The number of carbonyl (C=O) groups is 1. The Balaban J connectivity index is 2.06. The highest BCUT2D eigenvalue weighted by Gasteiger charge is 2.56. The van der Waals surface area contributed by atoms with Gasteiger partial charge in [0.25, 0.3) is 0 Å². The van der Waals surface area contributed by atoms with Crippen molar-refractivity contribution in [2.75, 3.05) is 6.61 Å². The SMILES string of the molecule is CCCCC1NC(CC)N(C2CC(OCC)C2(C)C)C1=O. The van der Waals surface area contributed by atoms with Crippen LogP contribution in [0.5, 0.6) is 0 Å². The Bertz CT molecular complexity index is 370. The molecule has 1 heterocycles. The van der Waals surface area contributed by atoms with Crippen LogP contribution >= 0.6 is 0 Å². The fourth-order valence-electron chi connectivity index (χ4n) is 3.84. The maximum absolute atomic E-state index is 12.8. The third-order valence-electron chi connectivity index (χ3n) is 5.34. The van der Waals surface area contributed by atoms with E-state index < -0.39 is 0 Å². The zero-order chi connectivity index (χ0) is 15.6. The molecule has 1 aliphatic heterocycles. The number of hydrogen-bond acceptors (Lipinski definition) is 3. The van der Waals surface area contributed by atoms with Crippen LogP contribution in [0.2, 0.25) is 0 Å². The first-order chi connectivity index (χ1) is 9.97. The van der Waals surface area contributed by atoms with Gasteiger partial charge in [-0.1, -0.05) is 40.5 Å². The molecule has 0 aromatic rings. The van der Waals surface area contributed by atoms with E-state index in [0.29, 0.717) is 11.9 Å². The van der Waals surface area contributed by atoms with Crippen molar-refractivity contribution in [3.05, 3.63) is 0 Å². The van der Waals surface area contributed by atoms with E-state index >= 15 is 0 Å². The Morgan fingerprint density at radius 2 is 2.05 bits per heavy atom. The summed E-state index contributed by atoms with van der Waals surface area (Å²) in [6.45, 7) is 11.6. The number of nitrogens with one attached hydrogen (secondary N) is 1. The summed E-state index contributed by atoms with van der Waals surface area (Å²) in [6, 6.07) is 0.336. The largest absolute Gasteiger partial charge is 0.378 e. The molecule has 1 amide bonds. The third kappa shape index (κ3) is 2.98. The van der Waals surface area contributed by atoms with Crippen LogP contribution in [0.3, 0.4) is 0 Å². The Morgan fingerprint density at radius 1 is 1.33 bits per heavy atom. The van der Waals surface area contributed by atoms with Crippen LogP contribution in [-0.4, -0.2) is 41.8 Å². The van der Waals surface area contributed by atoms with Crippen LogP contribution in [0.15, 0.2) is 0 Å². The maximum atomic E-state index is 12.8. The van der Waals surface area contributed by atoms with Gasteiger partial charge in [0, 0.05) is 18.1 Å². The molecule has 2 rings (SSSR count). The van der Waals surface area contributed by atoms with E-state index in [2.05, 4.69) is 37.9 Å². The highest BCUT2D eigenvalue weighted by Crippen LogP contribution is 2.47. The first kappa shape index (κ1) is 16.8. The Hall–Kier alpha value is -0.610. The van der Waals surface area contributed by atoms with Gasteiger partial charge in [-0.3, -0.25) is 10.1 Å². The number of ether oxygens (including phenoxy) is 1. The average molecular weight is 296 g/mol. The van der Waals surface area contributed by atoms with Gasteiger partial charge in [0.1, 0.15) is 0 Å². The lowest BCUT2D eigenvalue weighted by Gasteiger charge is -2.55. The molecule has 122 valence electrons. The van der Waals surface area contributed by atoms with Crippen LogP contribution in [0, 0.1) is 5.41 Å². The Morgan fingerprint density at radius 3 is 2.57 bits per heavy atom. The van der Waals surface area contributed by atoms with E-state index in [-0.39, 0.29) is 23.7 Å². The topological polar surface area (TPSA) is 41.6 Å². The summed E-state index contributed by atoms with van der Waals surface area (Å²) >= 11 is 0. The van der Waals surface area contributed by atoms with Gasteiger partial charge in [0.05, 0.1) is 18.3 Å². The van der Waals surface area contributed by atoms with Crippen molar-refractivity contribution >= 4 is 5.91 Å². The van der Waals surface area contributed by atoms with Gasteiger partial charge in [0.15, 0.2) is 0 Å². The minimum atomic E-state index is 0.0249. The van der Waals surface area contributed by atoms with Gasteiger partial charge in [-0.05, 0) is 26.2 Å². The molecule has 1 aliphatic carbocycles. The van der Waals surface area contributed by atoms with Crippen molar-refractivity contribution in [1.82, 2.24) is 10.2 Å². The van der Waals surface area contributed by atoms with Crippen molar-refractivity contribution in [3.63, 3.8) is 0 Å². The van der Waals surface area contributed by atoms with Gasteiger partial charge in [-0.15, -0.1) is 0 Å². The number of amides is 1. The molecule has 21 heavy (non-hydrogen) atoms. The smallest absolute Gasteiger partial charge is 0.241 e. The van der Waals surface area contributed by atoms with Crippen LogP contribution in [0.1, 0.15) is 66.7 Å². The molecule has 0 aromatic heterocycles. The highest BCUT2D eigenvalue weighted by atomic mass is 16.5. The second-order valence-corrected chi connectivity index (χ2v) is 7.05. The standard InChI is InChI=1S/C17H32N2O2/c1-6-9-10-12-16(20)19(15(7-2)18-12)13-11-14(21-8-3)17(13,4)5/h12-15,18H,6-11H2,1-5H3. The lowest BCUT2D eigenvalue weighted by Crippen LogP contribution is -2.64. The third-order valence-corrected chi connectivity index (χ3v) is 5.34. The Labute approximate surface area is 129 Å². The van der Waals surface area contributed by atoms with Crippen molar-refractivity contribution in [2.45, 2.75) is 91.1 Å². The molecule has 1 saturated carbocycles. The molecule has 4 nitrogen and oxygen atoms in total. The lowest BCUT2D eigenvalue weighted by molar-refractivity contribution is -0.168. The maximum Gasteiger partial charge on any atom is 0.241 e. The van der Waals surface area contributed by atoms with Gasteiger partial charge in [-0.25, -0.2) is 0 Å². The molecule has 0 bridgehead atoms. The minimum Gasteiger partial charge on any atom is -0.378 e. The molecule has 4 unspecified atom stereocenters. The zero-order valence-electron chi connectivity index (χ0n) is 14.3. The van der Waals surface area contributed by atoms with E-state index in [1.807, 2.05) is 6.92 Å². The summed E-state index contributed by atoms with van der Waals surface area (Å²) in [4.78, 5) is 14.9. The number of carbonyl (C=O) groups excluding carboxylic acids is 1. The van der Waals surface area contributed by atoms with E-state index in [1.54, 1.807) is 0 Å². The summed E-state index contributed by atoms with van der Waals surface area (Å²) in [6.07, 6.45) is 5.65. The normalized spacial score (nSPS) is 35.1. The predicted molar refractivity (Wildman–Crippen MR) is 85.0 cm³/mol. The van der Waals surface area contributed by atoms with Crippen LogP contribution < -0.4 is 5.32 Å². The van der Waals surface area contributed by atoms with Crippen molar-refractivity contribution < 1.29 is 9.53 Å². The van der Waals surface area contributed by atoms with E-state index in [9.17, 15) is 4.79 Å². The molecular weight excluding hydrogens is 264 g/mol. The molecule has 0 aromatic carbocycles. The summed E-state index contributed by atoms with van der Waals surface area (Å²) < 4.78 is 5.82. The van der Waals surface area contributed by atoms with Crippen molar-refractivity contribution in [2.24, 2.45) is 5.41 Å². The van der Waals surface area contributed by atoms with E-state index in [4.69, 9.17) is 4.74 Å². The van der Waals surface area contributed by atoms with Crippen LogP contribution in [0.4, 0.5) is 0 Å².